The van der Waals surface area contributed by atoms with Crippen molar-refractivity contribution < 1.29 is 5.11 Å². The van der Waals surface area contributed by atoms with Crippen LogP contribution in [0.5, 0.6) is 0 Å². The van der Waals surface area contributed by atoms with Crippen molar-refractivity contribution in [1.29, 1.82) is 0 Å². The van der Waals surface area contributed by atoms with E-state index in [-0.39, 0.29) is 18.1 Å². The summed E-state index contributed by atoms with van der Waals surface area (Å²) in [5, 5.41) is 12.6. The molecule has 0 aliphatic heterocycles. The summed E-state index contributed by atoms with van der Waals surface area (Å²) in [6.45, 7) is 8.18. The number of nitrogens with one attached hydrogen (secondary N) is 1. The molecule has 0 aromatic carbocycles. The average Bonchev–Trinajstić information content (AvgIpc) is 2.28. The third-order valence-corrected chi connectivity index (χ3v) is 3.19. The standard InChI is InChI=1S/C12H20BrN3O/c1-5-12(4,7-17)16-10-6-9(13)14-11(15-10)8(2)3/h6,8,17H,5,7H2,1-4H3,(H,14,15,16). The van der Waals surface area contributed by atoms with E-state index in [1.54, 1.807) is 0 Å². The van der Waals surface area contributed by atoms with Gasteiger partial charge in [-0.15, -0.1) is 0 Å². The first kappa shape index (κ1) is 14.4. The lowest BCUT2D eigenvalue weighted by molar-refractivity contribution is 0.218. The number of anilines is 1. The van der Waals surface area contributed by atoms with E-state index in [1.807, 2.05) is 19.9 Å². The van der Waals surface area contributed by atoms with E-state index < -0.39 is 0 Å². The Labute approximate surface area is 111 Å². The van der Waals surface area contributed by atoms with Gasteiger partial charge in [0, 0.05) is 12.0 Å². The zero-order valence-corrected chi connectivity index (χ0v) is 12.4. The minimum absolute atomic E-state index is 0.0716. The monoisotopic (exact) mass is 301 g/mol. The van der Waals surface area contributed by atoms with Gasteiger partial charge in [0.25, 0.3) is 0 Å². The van der Waals surface area contributed by atoms with Crippen LogP contribution in [-0.2, 0) is 0 Å². The second kappa shape index (κ2) is 5.78. The zero-order chi connectivity index (χ0) is 13.1. The molecule has 4 nitrogen and oxygen atoms in total. The number of nitrogens with zero attached hydrogens (tertiary/aromatic N) is 2. The smallest absolute Gasteiger partial charge is 0.134 e. The molecule has 0 fully saturated rings. The van der Waals surface area contributed by atoms with Crippen LogP contribution in [0.15, 0.2) is 10.7 Å². The minimum atomic E-state index is -0.345. The molecule has 0 amide bonds. The second-order valence-electron chi connectivity index (χ2n) is 4.79. The summed E-state index contributed by atoms with van der Waals surface area (Å²) in [6, 6.07) is 1.83. The molecule has 1 unspecified atom stereocenters. The number of halogens is 1. The Kier molecular flexibility index (Phi) is 4.89. The Morgan fingerprint density at radius 2 is 2.12 bits per heavy atom. The van der Waals surface area contributed by atoms with Crippen LogP contribution in [0, 0.1) is 0 Å². The van der Waals surface area contributed by atoms with Crippen molar-refractivity contribution in [1.82, 2.24) is 9.97 Å². The lowest BCUT2D eigenvalue weighted by atomic mass is 10.0. The van der Waals surface area contributed by atoms with Crippen LogP contribution in [0.25, 0.3) is 0 Å². The highest BCUT2D eigenvalue weighted by atomic mass is 79.9. The maximum absolute atomic E-state index is 9.38. The quantitative estimate of drug-likeness (QED) is 0.821. The van der Waals surface area contributed by atoms with E-state index in [0.29, 0.717) is 0 Å². The first-order valence-corrected chi connectivity index (χ1v) is 6.63. The third-order valence-electron chi connectivity index (χ3n) is 2.79. The topological polar surface area (TPSA) is 58.0 Å². The van der Waals surface area contributed by atoms with Crippen LogP contribution in [0.1, 0.15) is 45.9 Å². The van der Waals surface area contributed by atoms with Gasteiger partial charge in [0.05, 0.1) is 12.1 Å². The van der Waals surface area contributed by atoms with Gasteiger partial charge in [0.1, 0.15) is 16.2 Å². The molecule has 1 atom stereocenters. The van der Waals surface area contributed by atoms with Crippen molar-refractivity contribution in [3.8, 4) is 0 Å². The minimum Gasteiger partial charge on any atom is -0.394 e. The molecule has 1 aromatic heterocycles. The first-order valence-electron chi connectivity index (χ1n) is 5.83. The van der Waals surface area contributed by atoms with Gasteiger partial charge in [-0.05, 0) is 29.3 Å². The van der Waals surface area contributed by atoms with Gasteiger partial charge in [0.15, 0.2) is 0 Å². The number of rotatable bonds is 5. The van der Waals surface area contributed by atoms with E-state index in [1.165, 1.54) is 0 Å². The van der Waals surface area contributed by atoms with Crippen molar-refractivity contribution >= 4 is 21.7 Å². The lowest BCUT2D eigenvalue weighted by Crippen LogP contribution is -2.38. The van der Waals surface area contributed by atoms with E-state index in [4.69, 9.17) is 0 Å². The van der Waals surface area contributed by atoms with Crippen molar-refractivity contribution in [3.05, 3.63) is 16.5 Å². The predicted octanol–water partition coefficient (Wildman–Crippen LogP) is 2.94. The Bertz CT molecular complexity index is 378. The number of aromatic nitrogens is 2. The maximum atomic E-state index is 9.38. The van der Waals surface area contributed by atoms with Gasteiger partial charge in [-0.1, -0.05) is 20.8 Å². The van der Waals surface area contributed by atoms with Crippen LogP contribution >= 0.6 is 15.9 Å². The van der Waals surface area contributed by atoms with Gasteiger partial charge in [-0.3, -0.25) is 0 Å². The first-order chi connectivity index (χ1) is 7.90. The van der Waals surface area contributed by atoms with Crippen molar-refractivity contribution in [2.45, 2.75) is 45.6 Å². The van der Waals surface area contributed by atoms with E-state index >= 15 is 0 Å². The molecule has 0 saturated heterocycles. The predicted molar refractivity (Wildman–Crippen MR) is 73.2 cm³/mol. The molecule has 0 radical (unpaired) electrons. The fourth-order valence-electron chi connectivity index (χ4n) is 1.31. The maximum Gasteiger partial charge on any atom is 0.134 e. The summed E-state index contributed by atoms with van der Waals surface area (Å²) in [5.41, 5.74) is -0.345. The molecule has 0 spiro atoms. The molecular weight excluding hydrogens is 282 g/mol. The highest BCUT2D eigenvalue weighted by molar-refractivity contribution is 9.10. The summed E-state index contributed by atoms with van der Waals surface area (Å²) >= 11 is 3.38. The van der Waals surface area contributed by atoms with Crippen molar-refractivity contribution in [2.24, 2.45) is 0 Å². The van der Waals surface area contributed by atoms with Crippen LogP contribution in [-0.4, -0.2) is 27.2 Å². The number of aliphatic hydroxyl groups is 1. The third kappa shape index (κ3) is 3.92. The van der Waals surface area contributed by atoms with Gasteiger partial charge in [-0.2, -0.15) is 0 Å². The molecule has 0 saturated carbocycles. The Hall–Kier alpha value is -0.680. The molecule has 5 heteroatoms. The average molecular weight is 302 g/mol. The zero-order valence-electron chi connectivity index (χ0n) is 10.8. The SMILES string of the molecule is CCC(C)(CO)Nc1cc(Br)nc(C(C)C)n1. The molecule has 1 heterocycles. The van der Waals surface area contributed by atoms with Gasteiger partial charge < -0.3 is 10.4 Å². The highest BCUT2D eigenvalue weighted by Crippen LogP contribution is 2.21. The van der Waals surface area contributed by atoms with Gasteiger partial charge in [0.2, 0.25) is 0 Å². The lowest BCUT2D eigenvalue weighted by Gasteiger charge is -2.28. The van der Waals surface area contributed by atoms with E-state index in [2.05, 4.69) is 45.1 Å². The fourth-order valence-corrected chi connectivity index (χ4v) is 1.70. The molecule has 1 aromatic rings. The summed E-state index contributed by atoms with van der Waals surface area (Å²) in [6.07, 6.45) is 0.822. The fraction of sp³-hybridized carbons (Fsp3) is 0.667. The molecule has 17 heavy (non-hydrogen) atoms. The summed E-state index contributed by atoms with van der Waals surface area (Å²) in [7, 11) is 0. The molecule has 0 bridgehead atoms. The van der Waals surface area contributed by atoms with Crippen LogP contribution in [0.4, 0.5) is 5.82 Å². The Morgan fingerprint density at radius 3 is 2.59 bits per heavy atom. The molecule has 2 N–H and O–H groups in total. The van der Waals surface area contributed by atoms with Crippen molar-refractivity contribution in [3.63, 3.8) is 0 Å². The molecule has 1 rings (SSSR count). The summed E-state index contributed by atoms with van der Waals surface area (Å²) in [4.78, 5) is 8.77. The normalized spacial score (nSPS) is 14.8. The van der Waals surface area contributed by atoms with E-state index in [9.17, 15) is 5.11 Å². The molecular formula is C12H20BrN3O. The number of aliphatic hydroxyl groups excluding tert-OH is 1. The molecule has 96 valence electrons. The van der Waals surface area contributed by atoms with Crippen LogP contribution in [0.2, 0.25) is 0 Å². The number of hydrogen-bond donors (Lipinski definition) is 2. The summed E-state index contributed by atoms with van der Waals surface area (Å²) in [5.74, 6) is 1.81. The van der Waals surface area contributed by atoms with Gasteiger partial charge >= 0.3 is 0 Å². The van der Waals surface area contributed by atoms with E-state index in [0.717, 1.165) is 22.7 Å². The highest BCUT2D eigenvalue weighted by Gasteiger charge is 2.21. The molecule has 0 aliphatic rings. The van der Waals surface area contributed by atoms with Crippen LogP contribution in [0.3, 0.4) is 0 Å². The Balaban J connectivity index is 2.98. The van der Waals surface area contributed by atoms with Gasteiger partial charge in [-0.25, -0.2) is 9.97 Å². The Morgan fingerprint density at radius 1 is 1.47 bits per heavy atom. The summed E-state index contributed by atoms with van der Waals surface area (Å²) < 4.78 is 0.759. The largest absolute Gasteiger partial charge is 0.394 e. The molecule has 0 aliphatic carbocycles. The van der Waals surface area contributed by atoms with Crippen molar-refractivity contribution in [2.75, 3.05) is 11.9 Å². The second-order valence-corrected chi connectivity index (χ2v) is 5.60. The number of hydrogen-bond acceptors (Lipinski definition) is 4. The van der Waals surface area contributed by atoms with Crippen LogP contribution < -0.4 is 5.32 Å².